The highest BCUT2D eigenvalue weighted by Crippen LogP contribution is 2.41. The number of rotatable bonds is 7. The molecular weight excluding hydrogens is 370 g/mol. The van der Waals surface area contributed by atoms with Crippen LogP contribution in [-0.2, 0) is 17.4 Å². The fourth-order valence-corrected chi connectivity index (χ4v) is 2.40. The van der Waals surface area contributed by atoms with E-state index in [1.54, 1.807) is 6.07 Å². The second-order valence-electron chi connectivity index (χ2n) is 5.99. The molecule has 148 valence electrons. The van der Waals surface area contributed by atoms with Gasteiger partial charge in [0.25, 0.3) is 0 Å². The predicted molar refractivity (Wildman–Crippen MR) is 87.3 cm³/mol. The van der Waals surface area contributed by atoms with E-state index in [1.807, 2.05) is 0 Å². The van der Waals surface area contributed by atoms with E-state index in [1.165, 1.54) is 38.5 Å². The molecule has 0 bridgehead atoms. The number of aliphatic hydroxyl groups is 1. The number of nitrogens with zero attached hydrogens (tertiary/aromatic N) is 3. The van der Waals surface area contributed by atoms with Gasteiger partial charge in [0.1, 0.15) is 6.61 Å². The van der Waals surface area contributed by atoms with Crippen LogP contribution in [0.3, 0.4) is 0 Å². The number of carbonyl (C=O) groups excluding carboxylic acids is 1. The lowest BCUT2D eigenvalue weighted by Crippen LogP contribution is -2.48. The summed E-state index contributed by atoms with van der Waals surface area (Å²) in [5, 5.41) is 10.2. The van der Waals surface area contributed by atoms with Crippen molar-refractivity contribution >= 4 is 5.91 Å². The molecule has 27 heavy (non-hydrogen) atoms. The van der Waals surface area contributed by atoms with Crippen LogP contribution in [-0.4, -0.2) is 51.8 Å². The second-order valence-corrected chi connectivity index (χ2v) is 5.99. The normalized spacial score (nSPS) is 13.9. The van der Waals surface area contributed by atoms with Crippen LogP contribution >= 0.6 is 0 Å². The molecule has 0 radical (unpaired) electrons. The minimum absolute atomic E-state index is 0.0295. The fraction of sp³-hybridized carbons (Fsp3) is 0.412. The summed E-state index contributed by atoms with van der Waals surface area (Å²) in [5.41, 5.74) is -3.43. The molecule has 1 heterocycles. The van der Waals surface area contributed by atoms with E-state index in [2.05, 4.69) is 4.98 Å². The van der Waals surface area contributed by atoms with E-state index in [-0.39, 0.29) is 18.9 Å². The van der Waals surface area contributed by atoms with Gasteiger partial charge >= 0.3 is 6.18 Å². The number of benzene rings is 1. The number of hydrogen-bond acceptors (Lipinski definition) is 4. The number of carbonyl (C=O) groups is 1. The van der Waals surface area contributed by atoms with E-state index < -0.39 is 35.7 Å². The van der Waals surface area contributed by atoms with Gasteiger partial charge in [-0.3, -0.25) is 4.79 Å². The van der Waals surface area contributed by atoms with Crippen molar-refractivity contribution in [1.29, 1.82) is 0 Å². The number of imidazole rings is 1. The van der Waals surface area contributed by atoms with Gasteiger partial charge in [-0.25, -0.2) is 9.37 Å². The molecule has 0 fully saturated rings. The van der Waals surface area contributed by atoms with Crippen molar-refractivity contribution in [3.8, 4) is 5.75 Å². The van der Waals surface area contributed by atoms with Crippen LogP contribution in [0.1, 0.15) is 12.2 Å². The molecular formula is C17H19F4N3O3. The maximum absolute atomic E-state index is 13.4. The van der Waals surface area contributed by atoms with Crippen molar-refractivity contribution < 1.29 is 32.2 Å². The number of hydrogen-bond donors (Lipinski definition) is 1. The molecule has 0 aliphatic carbocycles. The van der Waals surface area contributed by atoms with Crippen LogP contribution in [0.4, 0.5) is 17.6 Å². The summed E-state index contributed by atoms with van der Waals surface area (Å²) in [4.78, 5) is 16.7. The quantitative estimate of drug-likeness (QED) is 0.738. The van der Waals surface area contributed by atoms with Crippen molar-refractivity contribution in [3.05, 3.63) is 48.3 Å². The van der Waals surface area contributed by atoms with Crippen molar-refractivity contribution in [1.82, 2.24) is 14.5 Å². The Labute approximate surface area is 153 Å². The zero-order valence-corrected chi connectivity index (χ0v) is 14.7. The van der Waals surface area contributed by atoms with Crippen molar-refractivity contribution in [2.75, 3.05) is 20.2 Å². The van der Waals surface area contributed by atoms with Crippen LogP contribution in [0.2, 0.25) is 0 Å². The van der Waals surface area contributed by atoms with Crippen molar-refractivity contribution in [3.63, 3.8) is 0 Å². The summed E-state index contributed by atoms with van der Waals surface area (Å²) >= 11 is 0. The zero-order valence-electron chi connectivity index (χ0n) is 14.7. The van der Waals surface area contributed by atoms with Gasteiger partial charge < -0.3 is 19.3 Å². The first-order chi connectivity index (χ1) is 12.6. The molecule has 0 saturated heterocycles. The molecule has 6 nitrogen and oxygen atoms in total. The minimum atomic E-state index is -5.10. The lowest BCUT2D eigenvalue weighted by molar-refractivity contribution is -0.271. The maximum atomic E-state index is 13.4. The van der Waals surface area contributed by atoms with Crippen LogP contribution in [0.5, 0.6) is 5.75 Å². The van der Waals surface area contributed by atoms with Gasteiger partial charge in [0.05, 0.1) is 13.0 Å². The summed E-state index contributed by atoms with van der Waals surface area (Å²) in [6, 6.07) is 5.62. The Kier molecular flexibility index (Phi) is 6.09. The molecule has 0 aliphatic rings. The van der Waals surface area contributed by atoms with Crippen LogP contribution in [0.15, 0.2) is 36.7 Å². The Bertz CT molecular complexity index is 794. The van der Waals surface area contributed by atoms with Gasteiger partial charge in [-0.2, -0.15) is 13.2 Å². The third-order valence-corrected chi connectivity index (χ3v) is 4.01. The molecule has 1 aromatic carbocycles. The summed E-state index contributed by atoms with van der Waals surface area (Å²) < 4.78 is 60.0. The SMILES string of the molecule is CN(CCOc1ccccc1F)C(=O)CC(O)(c1nccn1C)C(F)(F)F. The van der Waals surface area contributed by atoms with Gasteiger partial charge in [-0.05, 0) is 12.1 Å². The number of halogens is 4. The number of aromatic nitrogens is 2. The van der Waals surface area contributed by atoms with Gasteiger partial charge in [0, 0.05) is 26.5 Å². The molecule has 2 rings (SSSR count). The molecule has 2 aromatic rings. The average molecular weight is 389 g/mol. The summed E-state index contributed by atoms with van der Waals surface area (Å²) in [6.45, 7) is -0.225. The Balaban J connectivity index is 2.03. The van der Waals surface area contributed by atoms with E-state index in [9.17, 15) is 27.5 Å². The minimum Gasteiger partial charge on any atom is -0.489 e. The molecule has 0 saturated carbocycles. The van der Waals surface area contributed by atoms with Gasteiger partial charge in [-0.15, -0.1) is 0 Å². The molecule has 0 aliphatic heterocycles. The summed E-state index contributed by atoms with van der Waals surface area (Å²) in [6.07, 6.45) is -4.01. The third kappa shape index (κ3) is 4.57. The smallest absolute Gasteiger partial charge is 0.425 e. The Morgan fingerprint density at radius 2 is 2.00 bits per heavy atom. The van der Waals surface area contributed by atoms with Gasteiger partial charge in [0.15, 0.2) is 17.4 Å². The topological polar surface area (TPSA) is 67.6 Å². The van der Waals surface area contributed by atoms with Gasteiger partial charge in [-0.1, -0.05) is 12.1 Å². The highest BCUT2D eigenvalue weighted by atomic mass is 19.4. The van der Waals surface area contributed by atoms with E-state index in [0.717, 1.165) is 15.7 Å². The highest BCUT2D eigenvalue weighted by molar-refractivity contribution is 5.77. The number of para-hydroxylation sites is 1. The van der Waals surface area contributed by atoms with E-state index in [0.29, 0.717) is 0 Å². The lowest BCUT2D eigenvalue weighted by atomic mass is 9.97. The Morgan fingerprint density at radius 1 is 1.33 bits per heavy atom. The van der Waals surface area contributed by atoms with E-state index in [4.69, 9.17) is 4.74 Å². The molecule has 1 atom stereocenters. The van der Waals surface area contributed by atoms with Gasteiger partial charge in [0.2, 0.25) is 11.5 Å². The largest absolute Gasteiger partial charge is 0.489 e. The van der Waals surface area contributed by atoms with Crippen molar-refractivity contribution in [2.45, 2.75) is 18.2 Å². The third-order valence-electron chi connectivity index (χ3n) is 4.01. The lowest BCUT2D eigenvalue weighted by Gasteiger charge is -2.31. The number of ether oxygens (including phenoxy) is 1. The number of likely N-dealkylation sites (N-methyl/N-ethyl adjacent to an activating group) is 1. The molecule has 1 N–H and O–H groups in total. The summed E-state index contributed by atoms with van der Waals surface area (Å²) in [5.74, 6) is -2.26. The van der Waals surface area contributed by atoms with E-state index >= 15 is 0 Å². The molecule has 1 unspecified atom stereocenters. The standard InChI is InChI=1S/C17H19F4N3O3/c1-23(9-10-27-13-6-4-3-5-12(13)18)14(25)11-16(26,17(19,20)21)15-22-7-8-24(15)2/h3-8,26H,9-11H2,1-2H3. The molecule has 1 aromatic heterocycles. The first kappa shape index (κ1) is 20.7. The fourth-order valence-electron chi connectivity index (χ4n) is 2.40. The van der Waals surface area contributed by atoms with Crippen LogP contribution in [0.25, 0.3) is 0 Å². The first-order valence-corrected chi connectivity index (χ1v) is 7.94. The Hall–Kier alpha value is -2.62. The van der Waals surface area contributed by atoms with Crippen molar-refractivity contribution in [2.24, 2.45) is 7.05 Å². The number of amides is 1. The molecule has 0 spiro atoms. The first-order valence-electron chi connectivity index (χ1n) is 7.94. The van der Waals surface area contributed by atoms with Crippen LogP contribution in [0, 0.1) is 5.82 Å². The Morgan fingerprint density at radius 3 is 2.56 bits per heavy atom. The number of alkyl halides is 3. The second kappa shape index (κ2) is 7.95. The number of aryl methyl sites for hydroxylation is 1. The zero-order chi connectivity index (χ0) is 20.2. The predicted octanol–water partition coefficient (Wildman–Crippen LogP) is 2.24. The maximum Gasteiger partial charge on any atom is 0.425 e. The monoisotopic (exact) mass is 389 g/mol. The average Bonchev–Trinajstić information content (AvgIpc) is 3.01. The van der Waals surface area contributed by atoms with Crippen LogP contribution < -0.4 is 4.74 Å². The molecule has 1 amide bonds. The molecule has 10 heteroatoms. The highest BCUT2D eigenvalue weighted by Gasteiger charge is 2.58. The summed E-state index contributed by atoms with van der Waals surface area (Å²) in [7, 11) is 2.55.